The average molecular weight is 730 g/mol. The van der Waals surface area contributed by atoms with E-state index in [4.69, 9.17) is 19.9 Å². The minimum absolute atomic E-state index is 0.198. The van der Waals surface area contributed by atoms with Gasteiger partial charge in [0.2, 0.25) is 0 Å². The molecule has 0 aliphatic rings. The lowest BCUT2D eigenvalue weighted by Gasteiger charge is -2.25. The van der Waals surface area contributed by atoms with Crippen molar-refractivity contribution in [3.05, 3.63) is 152 Å². The van der Waals surface area contributed by atoms with Crippen LogP contribution in [0, 0.1) is 0 Å². The zero-order chi connectivity index (χ0) is 37.3. The summed E-state index contributed by atoms with van der Waals surface area (Å²) in [7, 11) is 0. The topological polar surface area (TPSA) is 76.7 Å². The molecule has 264 valence electrons. The lowest BCUT2D eigenvalue weighted by atomic mass is 9.98. The van der Waals surface area contributed by atoms with Crippen molar-refractivity contribution in [3.63, 3.8) is 0 Å². The number of pyridine rings is 1. The number of phenols is 1. The third kappa shape index (κ3) is 5.46. The molecule has 10 aromatic rings. The van der Waals surface area contributed by atoms with Gasteiger partial charge in [0.1, 0.15) is 16.4 Å². The molecule has 0 aliphatic heterocycles. The van der Waals surface area contributed by atoms with E-state index in [2.05, 4.69) is 104 Å². The van der Waals surface area contributed by atoms with Gasteiger partial charge in [0.15, 0.2) is 5.82 Å². The van der Waals surface area contributed by atoms with Gasteiger partial charge in [0, 0.05) is 60.9 Å². The fourth-order valence-corrected chi connectivity index (χ4v) is 9.02. The van der Waals surface area contributed by atoms with Gasteiger partial charge < -0.3 is 9.67 Å². The Bertz CT molecular complexity index is 3090. The van der Waals surface area contributed by atoms with Crippen LogP contribution in [0.1, 0.15) is 20.8 Å². The number of benzene rings is 6. The third-order valence-electron chi connectivity index (χ3n) is 10.3. The maximum absolute atomic E-state index is 12.4. The number of rotatable bonds is 5. The van der Waals surface area contributed by atoms with Crippen LogP contribution in [0.3, 0.4) is 0 Å². The van der Waals surface area contributed by atoms with Crippen LogP contribution >= 0.6 is 11.3 Å². The highest BCUT2D eigenvalue weighted by atomic mass is 32.1. The molecule has 10 rings (SSSR count). The molecule has 55 heavy (non-hydrogen) atoms. The van der Waals surface area contributed by atoms with Crippen molar-refractivity contribution in [3.8, 4) is 62.0 Å². The summed E-state index contributed by atoms with van der Waals surface area (Å²) in [5.41, 5.74) is 9.34. The van der Waals surface area contributed by atoms with Crippen molar-refractivity contribution in [1.29, 1.82) is 0 Å². The van der Waals surface area contributed by atoms with Gasteiger partial charge in [-0.25, -0.2) is 15.0 Å². The minimum Gasteiger partial charge on any atom is -0.507 e. The molecule has 0 spiro atoms. The molecular weight excluding hydrogens is 695 g/mol. The lowest BCUT2D eigenvalue weighted by Crippen LogP contribution is -2.22. The summed E-state index contributed by atoms with van der Waals surface area (Å²) in [6.07, 6.45) is 3.78. The molecule has 0 atom stereocenters. The molecule has 6 aromatic carbocycles. The smallest absolute Gasteiger partial charge is 0.160 e. The zero-order valence-electron chi connectivity index (χ0n) is 30.5. The van der Waals surface area contributed by atoms with E-state index in [-0.39, 0.29) is 11.3 Å². The Hall–Kier alpha value is -6.70. The number of thiophene rings is 1. The van der Waals surface area contributed by atoms with Gasteiger partial charge in [-0.1, -0.05) is 115 Å². The third-order valence-corrected chi connectivity index (χ3v) is 11.4. The van der Waals surface area contributed by atoms with E-state index in [1.807, 2.05) is 73.1 Å². The van der Waals surface area contributed by atoms with Gasteiger partial charge in [-0.15, -0.1) is 11.3 Å². The van der Waals surface area contributed by atoms with Gasteiger partial charge in [-0.2, -0.15) is 0 Å². The van der Waals surface area contributed by atoms with Gasteiger partial charge in [0.05, 0.1) is 22.3 Å². The number of hydrogen-bond acceptors (Lipinski definition) is 6. The van der Waals surface area contributed by atoms with Crippen molar-refractivity contribution in [2.75, 3.05) is 0 Å². The highest BCUT2D eigenvalue weighted by Gasteiger charge is 2.29. The van der Waals surface area contributed by atoms with Crippen molar-refractivity contribution >= 4 is 53.4 Å². The van der Waals surface area contributed by atoms with Gasteiger partial charge >= 0.3 is 0 Å². The Morgan fingerprint density at radius 3 is 2.07 bits per heavy atom. The summed E-state index contributed by atoms with van der Waals surface area (Å²) in [6, 6.07) is 47.6. The lowest BCUT2D eigenvalue weighted by molar-refractivity contribution is 0.412. The summed E-state index contributed by atoms with van der Waals surface area (Å²) >= 11 is 1.63. The molecule has 0 saturated heterocycles. The minimum atomic E-state index is -0.389. The van der Waals surface area contributed by atoms with E-state index < -0.39 is 0 Å². The van der Waals surface area contributed by atoms with Crippen LogP contribution in [0.2, 0.25) is 0 Å². The number of nitrogens with zero attached hydrogens (tertiary/aromatic N) is 5. The molecule has 7 heteroatoms. The summed E-state index contributed by atoms with van der Waals surface area (Å²) in [5.74, 6) is 1.57. The largest absolute Gasteiger partial charge is 0.507 e. The average Bonchev–Trinajstić information content (AvgIpc) is 3.81. The first-order chi connectivity index (χ1) is 26.8. The quantitative estimate of drug-likeness (QED) is 0.191. The van der Waals surface area contributed by atoms with Gasteiger partial charge in [-0.3, -0.25) is 4.98 Å². The molecule has 4 aromatic heterocycles. The fraction of sp³-hybridized carbons (Fsp3) is 0.0833. The van der Waals surface area contributed by atoms with E-state index in [0.717, 1.165) is 81.2 Å². The maximum atomic E-state index is 12.4. The first kappa shape index (κ1) is 32.9. The molecule has 0 saturated carbocycles. The Kier molecular flexibility index (Phi) is 7.61. The van der Waals surface area contributed by atoms with Crippen LogP contribution in [-0.4, -0.2) is 29.6 Å². The zero-order valence-corrected chi connectivity index (χ0v) is 31.3. The Labute approximate surface area is 322 Å². The van der Waals surface area contributed by atoms with Crippen molar-refractivity contribution in [2.45, 2.75) is 26.3 Å². The van der Waals surface area contributed by atoms with Gasteiger partial charge in [0.25, 0.3) is 0 Å². The molecule has 6 nitrogen and oxygen atoms in total. The van der Waals surface area contributed by atoms with E-state index in [1.54, 1.807) is 11.3 Å². The molecule has 0 unspecified atom stereocenters. The number of hydrogen-bond donors (Lipinski definition) is 1. The highest BCUT2D eigenvalue weighted by molar-refractivity contribution is 7.26. The number of para-hydroxylation sites is 1. The Morgan fingerprint density at radius 2 is 1.29 bits per heavy atom. The van der Waals surface area contributed by atoms with E-state index in [1.165, 1.54) is 0 Å². The summed E-state index contributed by atoms with van der Waals surface area (Å²) < 4.78 is 3.32. The number of aromatic hydroxyl groups is 1. The number of imidazole rings is 1. The monoisotopic (exact) mass is 729 g/mol. The van der Waals surface area contributed by atoms with Crippen LogP contribution in [0.25, 0.3) is 98.4 Å². The van der Waals surface area contributed by atoms with Crippen LogP contribution in [0.4, 0.5) is 0 Å². The molecule has 0 aliphatic carbocycles. The van der Waals surface area contributed by atoms with Crippen LogP contribution in [-0.2, 0) is 5.54 Å². The molecule has 0 fully saturated rings. The van der Waals surface area contributed by atoms with Crippen molar-refractivity contribution < 1.29 is 5.11 Å². The van der Waals surface area contributed by atoms with Crippen LogP contribution in [0.15, 0.2) is 152 Å². The van der Waals surface area contributed by atoms with Crippen LogP contribution < -0.4 is 0 Å². The number of aromatic nitrogens is 5. The maximum Gasteiger partial charge on any atom is 0.160 e. The summed E-state index contributed by atoms with van der Waals surface area (Å²) in [5, 5.41) is 15.9. The molecule has 1 N–H and O–H groups in total. The molecule has 0 amide bonds. The second-order valence-electron chi connectivity index (χ2n) is 14.8. The predicted molar refractivity (Wildman–Crippen MR) is 227 cm³/mol. The Morgan fingerprint density at radius 1 is 0.600 bits per heavy atom. The Balaban J connectivity index is 1.21. The summed E-state index contributed by atoms with van der Waals surface area (Å²) in [6.45, 7) is 6.56. The van der Waals surface area contributed by atoms with E-state index in [9.17, 15) is 5.11 Å². The SMILES string of the molecule is CC(C)(C)n1c(-c2c(O)c3ccccc3c3sc4nc(-c5ccccc5)ncc4c23)nc2c(-c3cccc(-c4cc(-c5ccccc5)ccn4)c3)cccc21. The molecule has 0 radical (unpaired) electrons. The fourth-order valence-electron chi connectivity index (χ4n) is 7.83. The second kappa shape index (κ2) is 12.7. The van der Waals surface area contributed by atoms with Crippen molar-refractivity contribution in [2.24, 2.45) is 0 Å². The summed E-state index contributed by atoms with van der Waals surface area (Å²) in [4.78, 5) is 21.1. The molecular formula is C48H35N5OS. The molecule has 0 bridgehead atoms. The standard InChI is InChI=1S/C48H35N5OS/c1-48(2,3)53-39-23-13-22-34(32-18-12-19-33(26-32)38-27-31(24-25-49-38)29-14-6-4-7-15-29)42(39)51-46(53)41-40-37-28-50-45(30-16-8-5-9-17-30)52-47(37)55-44(40)36-21-11-10-20-35(36)43(41)54/h4-28,54H,1-3H3. The van der Waals surface area contributed by atoms with Crippen LogP contribution in [0.5, 0.6) is 5.75 Å². The predicted octanol–water partition coefficient (Wildman–Crippen LogP) is 12.5. The first-order valence-electron chi connectivity index (χ1n) is 18.4. The van der Waals surface area contributed by atoms with E-state index >= 15 is 0 Å². The molecule has 4 heterocycles. The first-order valence-corrected chi connectivity index (χ1v) is 19.2. The number of fused-ring (bicyclic) bond motifs is 6. The number of phenolic OH excluding ortho intramolecular Hbond substituents is 1. The van der Waals surface area contributed by atoms with Gasteiger partial charge in [-0.05, 0) is 61.7 Å². The highest BCUT2D eigenvalue weighted by Crippen LogP contribution is 2.50. The normalized spacial score (nSPS) is 12.0. The van der Waals surface area contributed by atoms with Crippen molar-refractivity contribution in [1.82, 2.24) is 24.5 Å². The van der Waals surface area contributed by atoms with E-state index in [0.29, 0.717) is 17.2 Å². The second-order valence-corrected chi connectivity index (χ2v) is 15.8.